The first-order valence-corrected chi connectivity index (χ1v) is 7.19. The van der Waals surface area contributed by atoms with Gasteiger partial charge in [0.05, 0.1) is 7.11 Å². The summed E-state index contributed by atoms with van der Waals surface area (Å²) in [5.74, 6) is 1.47. The summed E-state index contributed by atoms with van der Waals surface area (Å²) in [5.41, 5.74) is 2.78. The monoisotopic (exact) mass is 263 g/mol. The minimum absolute atomic E-state index is 0.125. The van der Waals surface area contributed by atoms with Crippen molar-refractivity contribution in [2.24, 2.45) is 0 Å². The number of methoxy groups -OCH3 is 1. The number of benzene rings is 1. The fourth-order valence-electron chi connectivity index (χ4n) is 2.17. The number of hydrogen-bond acceptors (Lipinski definition) is 2. The van der Waals surface area contributed by atoms with Gasteiger partial charge in [-0.1, -0.05) is 53.7 Å². The average Bonchev–Trinajstić information content (AvgIpc) is 2.35. The zero-order chi connectivity index (χ0) is 14.6. The van der Waals surface area contributed by atoms with Gasteiger partial charge in [-0.3, -0.25) is 0 Å². The fourth-order valence-corrected chi connectivity index (χ4v) is 2.17. The van der Waals surface area contributed by atoms with Crippen molar-refractivity contribution < 1.29 is 4.74 Å². The summed E-state index contributed by atoms with van der Waals surface area (Å²) in [7, 11) is 1.74. The first-order valence-electron chi connectivity index (χ1n) is 7.19. The first-order chi connectivity index (χ1) is 8.77. The Morgan fingerprint density at radius 2 is 1.79 bits per heavy atom. The molecule has 0 bridgehead atoms. The molecule has 0 aliphatic rings. The van der Waals surface area contributed by atoms with E-state index in [1.807, 2.05) is 0 Å². The molecule has 2 heteroatoms. The number of ether oxygens (including phenoxy) is 1. The van der Waals surface area contributed by atoms with Gasteiger partial charge in [0, 0.05) is 18.0 Å². The highest BCUT2D eigenvalue weighted by atomic mass is 16.5. The lowest BCUT2D eigenvalue weighted by Crippen LogP contribution is -2.36. The topological polar surface area (TPSA) is 21.3 Å². The van der Waals surface area contributed by atoms with Crippen molar-refractivity contribution in [2.75, 3.05) is 13.7 Å². The highest BCUT2D eigenvalue weighted by Crippen LogP contribution is 2.32. The Labute approximate surface area is 118 Å². The summed E-state index contributed by atoms with van der Waals surface area (Å²) >= 11 is 0. The van der Waals surface area contributed by atoms with E-state index < -0.39 is 0 Å². The third kappa shape index (κ3) is 4.24. The van der Waals surface area contributed by atoms with Crippen molar-refractivity contribution in [3.8, 4) is 5.75 Å². The van der Waals surface area contributed by atoms with E-state index in [4.69, 9.17) is 4.74 Å². The smallest absolute Gasteiger partial charge is 0.122 e. The van der Waals surface area contributed by atoms with E-state index in [1.54, 1.807) is 7.11 Å². The Morgan fingerprint density at radius 1 is 1.16 bits per heavy atom. The highest BCUT2D eigenvalue weighted by Gasteiger charge is 2.22. The van der Waals surface area contributed by atoms with Gasteiger partial charge >= 0.3 is 0 Å². The Bertz CT molecular complexity index is 408. The molecule has 0 aliphatic heterocycles. The normalized spacial score (nSPS) is 12.3. The molecule has 108 valence electrons. The van der Waals surface area contributed by atoms with Crippen LogP contribution in [0.4, 0.5) is 0 Å². The second-order valence-corrected chi connectivity index (χ2v) is 6.53. The minimum atomic E-state index is 0.125. The van der Waals surface area contributed by atoms with Crippen LogP contribution in [0.3, 0.4) is 0 Å². The summed E-state index contributed by atoms with van der Waals surface area (Å²) in [6.07, 6.45) is 0. The van der Waals surface area contributed by atoms with Gasteiger partial charge in [0.15, 0.2) is 0 Å². The van der Waals surface area contributed by atoms with E-state index in [0.717, 1.165) is 12.3 Å². The second kappa shape index (κ2) is 6.42. The Kier molecular flexibility index (Phi) is 5.42. The van der Waals surface area contributed by atoms with Crippen LogP contribution in [0.25, 0.3) is 0 Å². The molecule has 0 atom stereocenters. The van der Waals surface area contributed by atoms with Gasteiger partial charge in [0.2, 0.25) is 0 Å². The number of nitrogens with one attached hydrogen (secondary N) is 1. The van der Waals surface area contributed by atoms with Crippen LogP contribution in [0.15, 0.2) is 18.2 Å². The van der Waals surface area contributed by atoms with Crippen molar-refractivity contribution in [3.63, 3.8) is 0 Å². The molecular weight excluding hydrogens is 234 g/mol. The van der Waals surface area contributed by atoms with Crippen molar-refractivity contribution in [1.29, 1.82) is 0 Å². The van der Waals surface area contributed by atoms with Crippen LogP contribution in [0.1, 0.15) is 58.6 Å². The van der Waals surface area contributed by atoms with E-state index in [2.05, 4.69) is 65.1 Å². The lowest BCUT2D eigenvalue weighted by Gasteiger charge is -2.28. The van der Waals surface area contributed by atoms with Crippen LogP contribution >= 0.6 is 0 Å². The first kappa shape index (κ1) is 16.0. The van der Waals surface area contributed by atoms with Gasteiger partial charge < -0.3 is 10.1 Å². The van der Waals surface area contributed by atoms with Crippen LogP contribution in [0.5, 0.6) is 5.75 Å². The van der Waals surface area contributed by atoms with E-state index in [9.17, 15) is 0 Å². The van der Waals surface area contributed by atoms with Crippen LogP contribution in [0, 0.1) is 0 Å². The van der Waals surface area contributed by atoms with E-state index >= 15 is 0 Å². The molecule has 0 saturated carbocycles. The summed E-state index contributed by atoms with van der Waals surface area (Å²) < 4.78 is 5.46. The van der Waals surface area contributed by atoms with E-state index in [-0.39, 0.29) is 5.41 Å². The molecule has 1 aromatic carbocycles. The molecule has 1 N–H and O–H groups in total. The van der Waals surface area contributed by atoms with Gasteiger partial charge in [0.1, 0.15) is 5.75 Å². The van der Waals surface area contributed by atoms with Gasteiger partial charge in [-0.2, -0.15) is 0 Å². The molecule has 0 heterocycles. The molecule has 19 heavy (non-hydrogen) atoms. The van der Waals surface area contributed by atoms with Crippen LogP contribution in [-0.2, 0) is 5.41 Å². The molecule has 1 rings (SSSR count). The van der Waals surface area contributed by atoms with E-state index in [1.165, 1.54) is 11.1 Å². The van der Waals surface area contributed by atoms with Crippen LogP contribution < -0.4 is 10.1 Å². The second-order valence-electron chi connectivity index (χ2n) is 6.53. The minimum Gasteiger partial charge on any atom is -0.496 e. The van der Waals surface area contributed by atoms with Crippen LogP contribution in [0.2, 0.25) is 0 Å². The number of hydrogen-bond donors (Lipinski definition) is 1. The lowest BCUT2D eigenvalue weighted by molar-refractivity contribution is 0.405. The Hall–Kier alpha value is -1.02. The highest BCUT2D eigenvalue weighted by molar-refractivity contribution is 5.41. The van der Waals surface area contributed by atoms with Gasteiger partial charge in [0.25, 0.3) is 0 Å². The predicted octanol–water partition coefficient (Wildman–Crippen LogP) is 4.09. The maximum absolute atomic E-state index is 5.46. The van der Waals surface area contributed by atoms with Crippen molar-refractivity contribution >= 4 is 0 Å². The zero-order valence-electron chi connectivity index (χ0n) is 13.5. The summed E-state index contributed by atoms with van der Waals surface area (Å²) in [5, 5.41) is 3.53. The third-order valence-electron chi connectivity index (χ3n) is 3.59. The Morgan fingerprint density at radius 3 is 2.26 bits per heavy atom. The number of rotatable bonds is 6. The maximum atomic E-state index is 5.46. The van der Waals surface area contributed by atoms with Crippen LogP contribution in [-0.4, -0.2) is 19.7 Å². The standard InChI is InChI=1S/C17H29NO/c1-12(2)15-10-14(8-9-16(15)19-7)17(5,6)11-18-13(3)4/h8-10,12-13,18H,11H2,1-7H3. The van der Waals surface area contributed by atoms with Crippen molar-refractivity contribution in [3.05, 3.63) is 29.3 Å². The molecule has 0 aromatic heterocycles. The molecule has 0 aliphatic carbocycles. The quantitative estimate of drug-likeness (QED) is 0.834. The molecular formula is C17H29NO. The molecule has 0 amide bonds. The average molecular weight is 263 g/mol. The van der Waals surface area contributed by atoms with E-state index in [0.29, 0.717) is 12.0 Å². The largest absolute Gasteiger partial charge is 0.496 e. The molecule has 1 aromatic rings. The molecule has 2 nitrogen and oxygen atoms in total. The van der Waals surface area contributed by atoms with Gasteiger partial charge in [-0.05, 0) is 23.1 Å². The molecule has 0 unspecified atom stereocenters. The van der Waals surface area contributed by atoms with Crippen molar-refractivity contribution in [2.45, 2.75) is 58.9 Å². The summed E-state index contributed by atoms with van der Waals surface area (Å²) in [6.45, 7) is 14.3. The van der Waals surface area contributed by atoms with Gasteiger partial charge in [-0.15, -0.1) is 0 Å². The van der Waals surface area contributed by atoms with Gasteiger partial charge in [-0.25, -0.2) is 0 Å². The fraction of sp³-hybridized carbons (Fsp3) is 0.647. The third-order valence-corrected chi connectivity index (χ3v) is 3.59. The maximum Gasteiger partial charge on any atom is 0.122 e. The Balaban J connectivity index is 3.03. The zero-order valence-corrected chi connectivity index (χ0v) is 13.5. The molecule has 0 fully saturated rings. The lowest BCUT2D eigenvalue weighted by atomic mass is 9.82. The molecule has 0 spiro atoms. The summed E-state index contributed by atoms with van der Waals surface area (Å²) in [4.78, 5) is 0. The molecule has 0 radical (unpaired) electrons. The molecule has 0 saturated heterocycles. The predicted molar refractivity (Wildman–Crippen MR) is 83.2 cm³/mol. The summed E-state index contributed by atoms with van der Waals surface area (Å²) in [6, 6.07) is 7.10. The van der Waals surface area contributed by atoms with Crippen molar-refractivity contribution in [1.82, 2.24) is 5.32 Å². The SMILES string of the molecule is COc1ccc(C(C)(C)CNC(C)C)cc1C(C)C.